The van der Waals surface area contributed by atoms with Gasteiger partial charge in [0.2, 0.25) is 0 Å². The molecule has 0 amide bonds. The number of carbonyl (C=O) groups excluding carboxylic acids is 3. The summed E-state index contributed by atoms with van der Waals surface area (Å²) in [6.45, 7) is 22.4. The first-order valence-electron chi connectivity index (χ1n) is 15.6. The highest BCUT2D eigenvalue weighted by Gasteiger charge is 2.30. The maximum atomic E-state index is 12.8. The third-order valence-electron chi connectivity index (χ3n) is 7.26. The molecule has 0 radical (unpaired) electrons. The molecule has 0 spiro atoms. The third kappa shape index (κ3) is 19.6. The first-order valence-corrected chi connectivity index (χ1v) is 16.7. The van der Waals surface area contributed by atoms with E-state index < -0.39 is 12.0 Å². The number of hydrogen-bond acceptors (Lipinski definition) is 8. The average molecular weight is 622 g/mol. The Hall–Kier alpha value is -2.32. The van der Waals surface area contributed by atoms with Gasteiger partial charge in [0.05, 0.1) is 18.4 Å². The van der Waals surface area contributed by atoms with E-state index in [1.165, 1.54) is 34.1 Å². The predicted molar refractivity (Wildman–Crippen MR) is 180 cm³/mol. The van der Waals surface area contributed by atoms with Crippen LogP contribution in [0.15, 0.2) is 46.6 Å². The summed E-state index contributed by atoms with van der Waals surface area (Å²) in [5, 5.41) is 3.18. The van der Waals surface area contributed by atoms with Crippen LogP contribution in [-0.2, 0) is 28.6 Å². The Kier molecular flexibility index (Phi) is 21.9. The lowest BCUT2D eigenvalue weighted by atomic mass is 10.0. The number of thioether (sulfide) groups is 1. The minimum Gasteiger partial charge on any atom is -0.465 e. The number of esters is 3. The van der Waals surface area contributed by atoms with Crippen LogP contribution in [0.3, 0.4) is 0 Å². The number of rotatable bonds is 21. The molecule has 5 atom stereocenters. The van der Waals surface area contributed by atoms with Crippen molar-refractivity contribution in [1.82, 2.24) is 5.32 Å². The summed E-state index contributed by atoms with van der Waals surface area (Å²) in [7, 11) is 0. The fraction of sp³-hybridized carbons (Fsp3) is 0.686. The van der Waals surface area contributed by atoms with Gasteiger partial charge in [0.25, 0.3) is 0 Å². The Bertz CT molecular complexity index is 975. The zero-order valence-corrected chi connectivity index (χ0v) is 29.5. The fourth-order valence-electron chi connectivity index (χ4n) is 3.85. The highest BCUT2D eigenvalue weighted by atomic mass is 32.2. The molecule has 0 bridgehead atoms. The molecular weight excluding hydrogens is 562 g/mol. The van der Waals surface area contributed by atoms with Gasteiger partial charge in [0, 0.05) is 17.0 Å². The summed E-state index contributed by atoms with van der Waals surface area (Å²) in [5.74, 6) is -1.40. The van der Waals surface area contributed by atoms with E-state index in [1.807, 2.05) is 46.8 Å². The zero-order chi connectivity index (χ0) is 32.9. The molecule has 0 aromatic carbocycles. The van der Waals surface area contributed by atoms with Crippen molar-refractivity contribution in [3.8, 4) is 0 Å². The van der Waals surface area contributed by atoms with Crippen molar-refractivity contribution in [3.63, 3.8) is 0 Å². The normalized spacial score (nSPS) is 15.4. The van der Waals surface area contributed by atoms with E-state index in [-0.39, 0.29) is 54.9 Å². The van der Waals surface area contributed by atoms with Crippen LogP contribution in [0.4, 0.5) is 0 Å². The molecule has 246 valence electrons. The van der Waals surface area contributed by atoms with Crippen LogP contribution < -0.4 is 5.32 Å². The van der Waals surface area contributed by atoms with Crippen LogP contribution in [-0.4, -0.2) is 60.8 Å². The lowest BCUT2D eigenvalue weighted by molar-refractivity contribution is -0.149. The lowest BCUT2D eigenvalue weighted by Crippen LogP contribution is -2.49. The van der Waals surface area contributed by atoms with Crippen molar-refractivity contribution in [2.75, 3.05) is 25.6 Å². The highest BCUT2D eigenvalue weighted by Crippen LogP contribution is 2.22. The Balaban J connectivity index is 4.93. The molecule has 1 N–H and O–H groups in total. The summed E-state index contributed by atoms with van der Waals surface area (Å²) in [4.78, 5) is 38.1. The van der Waals surface area contributed by atoms with Crippen LogP contribution in [0.25, 0.3) is 0 Å². The van der Waals surface area contributed by atoms with Crippen LogP contribution in [0.1, 0.15) is 102 Å². The van der Waals surface area contributed by atoms with Gasteiger partial charge in [-0.3, -0.25) is 14.4 Å². The van der Waals surface area contributed by atoms with E-state index in [9.17, 15) is 14.4 Å². The second-order valence-electron chi connectivity index (χ2n) is 11.9. The van der Waals surface area contributed by atoms with Gasteiger partial charge in [0.1, 0.15) is 19.3 Å². The van der Waals surface area contributed by atoms with E-state index in [0.717, 1.165) is 25.7 Å². The molecule has 0 aliphatic heterocycles. The molecule has 0 saturated heterocycles. The maximum Gasteiger partial charge on any atom is 0.323 e. The topological polar surface area (TPSA) is 90.9 Å². The first-order chi connectivity index (χ1) is 20.2. The summed E-state index contributed by atoms with van der Waals surface area (Å²) < 4.78 is 16.3. The van der Waals surface area contributed by atoms with Gasteiger partial charge in [-0.1, -0.05) is 55.2 Å². The highest BCUT2D eigenvalue weighted by molar-refractivity contribution is 8.00. The molecule has 0 rings (SSSR count). The van der Waals surface area contributed by atoms with Crippen LogP contribution in [0.2, 0.25) is 0 Å². The average Bonchev–Trinajstić information content (AvgIpc) is 2.93. The van der Waals surface area contributed by atoms with Gasteiger partial charge in [-0.05, 0) is 93.2 Å². The van der Waals surface area contributed by atoms with E-state index in [0.29, 0.717) is 5.75 Å². The summed E-state index contributed by atoms with van der Waals surface area (Å²) in [6.07, 6.45) is 12.1. The van der Waals surface area contributed by atoms with Crippen molar-refractivity contribution in [1.29, 1.82) is 0 Å². The monoisotopic (exact) mass is 621 g/mol. The molecule has 8 heteroatoms. The first kappa shape index (κ1) is 40.7. The molecule has 0 aliphatic carbocycles. The van der Waals surface area contributed by atoms with Crippen LogP contribution >= 0.6 is 11.8 Å². The Morgan fingerprint density at radius 2 is 1.14 bits per heavy atom. The number of carbonyl (C=O) groups is 3. The molecule has 0 aromatic heterocycles. The van der Waals surface area contributed by atoms with Crippen molar-refractivity contribution in [2.24, 2.45) is 11.8 Å². The van der Waals surface area contributed by atoms with Crippen molar-refractivity contribution >= 4 is 29.7 Å². The van der Waals surface area contributed by atoms with E-state index in [1.54, 1.807) is 13.8 Å². The second-order valence-corrected chi connectivity index (χ2v) is 13.3. The van der Waals surface area contributed by atoms with Gasteiger partial charge in [0.15, 0.2) is 0 Å². The smallest absolute Gasteiger partial charge is 0.323 e. The van der Waals surface area contributed by atoms with Gasteiger partial charge in [-0.2, -0.15) is 11.8 Å². The minimum atomic E-state index is -0.635. The number of nitrogens with one attached hydrogen (secondary N) is 1. The van der Waals surface area contributed by atoms with Gasteiger partial charge < -0.3 is 19.5 Å². The molecule has 0 aliphatic rings. The fourth-order valence-corrected chi connectivity index (χ4v) is 4.98. The zero-order valence-electron chi connectivity index (χ0n) is 28.7. The number of allylic oxidation sites excluding steroid dienone is 6. The third-order valence-corrected chi connectivity index (χ3v) is 8.72. The van der Waals surface area contributed by atoms with Crippen molar-refractivity contribution in [3.05, 3.63) is 46.6 Å². The molecule has 0 saturated carbocycles. The summed E-state index contributed by atoms with van der Waals surface area (Å²) in [6, 6.07) is -0.959. The largest absolute Gasteiger partial charge is 0.465 e. The van der Waals surface area contributed by atoms with Gasteiger partial charge in [-0.25, -0.2) is 0 Å². The van der Waals surface area contributed by atoms with Gasteiger partial charge in [-0.15, -0.1) is 0 Å². The molecule has 0 fully saturated rings. The van der Waals surface area contributed by atoms with Crippen LogP contribution in [0.5, 0.6) is 0 Å². The number of hydrogen-bond donors (Lipinski definition) is 1. The lowest BCUT2D eigenvalue weighted by Gasteiger charge is -2.26. The van der Waals surface area contributed by atoms with E-state index in [4.69, 9.17) is 14.2 Å². The maximum absolute atomic E-state index is 12.8. The summed E-state index contributed by atoms with van der Waals surface area (Å²) >= 11 is 1.50. The molecule has 0 heterocycles. The quantitative estimate of drug-likeness (QED) is 0.0790. The molecule has 0 aromatic rings. The van der Waals surface area contributed by atoms with Crippen LogP contribution in [0, 0.1) is 11.8 Å². The minimum absolute atomic E-state index is 0.0848. The SMILES string of the molecule is CCOC(=O)C(CSC(C)C(C)C(=O)OCC=C(C)CCC=C(C)C)NC(C)C(C)C(=O)OCC=C(C)CCC=C(C)C. The summed E-state index contributed by atoms with van der Waals surface area (Å²) in [5.41, 5.74) is 4.96. The van der Waals surface area contributed by atoms with Crippen molar-refractivity contribution in [2.45, 2.75) is 119 Å². The molecular formula is C35H59NO6S. The Labute approximate surface area is 266 Å². The standard InChI is InChI=1S/C35H59NO6S/c1-12-40-35(39)32(36-30(10)28(8)33(37)41-21-19-26(6)17-13-15-24(2)3)23-43-31(11)29(9)34(38)42-22-20-27(7)18-14-16-25(4)5/h15-16,19-20,28-32,36H,12-14,17-18,21-23H2,1-11H3. The van der Waals surface area contributed by atoms with E-state index >= 15 is 0 Å². The second kappa shape index (κ2) is 23.1. The van der Waals surface area contributed by atoms with Crippen molar-refractivity contribution < 1.29 is 28.6 Å². The Morgan fingerprint density at radius 3 is 1.58 bits per heavy atom. The predicted octanol–water partition coefficient (Wildman–Crippen LogP) is 7.76. The molecule has 43 heavy (non-hydrogen) atoms. The molecule has 5 unspecified atom stereocenters. The molecule has 7 nitrogen and oxygen atoms in total. The van der Waals surface area contributed by atoms with E-state index in [2.05, 4.69) is 45.2 Å². The number of ether oxygens (including phenoxy) is 3. The Morgan fingerprint density at radius 1 is 0.674 bits per heavy atom. The van der Waals surface area contributed by atoms with Gasteiger partial charge >= 0.3 is 17.9 Å².